The fraction of sp³-hybridized carbons (Fsp3) is 0.455. The number of fused-ring (bicyclic) bond motifs is 3. The Morgan fingerprint density at radius 3 is 2.56 bits per heavy atom. The fourth-order valence-corrected chi connectivity index (χ4v) is 6.87. The molecule has 0 amide bonds. The average Bonchev–Trinajstić information content (AvgIpc) is 3.48. The minimum absolute atomic E-state index is 0.510. The van der Waals surface area contributed by atoms with Gasteiger partial charge in [-0.05, 0) is 75.5 Å². The summed E-state index contributed by atoms with van der Waals surface area (Å²) in [4.78, 5) is 16.6. The minimum atomic E-state index is 0.510. The molecule has 0 saturated carbocycles. The lowest BCUT2D eigenvalue weighted by molar-refractivity contribution is -0.00876. The number of pyridine rings is 3. The van der Waals surface area contributed by atoms with Gasteiger partial charge in [-0.1, -0.05) is 6.07 Å². The molecular formula is C33H38N8O2. The van der Waals surface area contributed by atoms with Crippen molar-refractivity contribution in [2.24, 2.45) is 5.92 Å². The lowest BCUT2D eigenvalue weighted by Gasteiger charge is -2.56. The Morgan fingerprint density at radius 2 is 1.86 bits per heavy atom. The molecule has 8 heterocycles. The van der Waals surface area contributed by atoms with Gasteiger partial charge in [0, 0.05) is 61.3 Å². The van der Waals surface area contributed by atoms with Crippen LogP contribution < -0.4 is 14.4 Å². The van der Waals surface area contributed by atoms with Crippen LogP contribution in [-0.2, 0) is 6.54 Å². The highest BCUT2D eigenvalue weighted by Crippen LogP contribution is 2.36. The molecule has 4 aliphatic rings. The topological polar surface area (TPSA) is 95.1 Å². The van der Waals surface area contributed by atoms with Crippen LogP contribution in [0.3, 0.4) is 0 Å². The molecule has 10 nitrogen and oxygen atoms in total. The molecule has 0 aromatic carbocycles. The van der Waals surface area contributed by atoms with E-state index < -0.39 is 0 Å². The van der Waals surface area contributed by atoms with Crippen LogP contribution >= 0.6 is 0 Å². The van der Waals surface area contributed by atoms with Gasteiger partial charge in [0.25, 0.3) is 0 Å². The van der Waals surface area contributed by atoms with Gasteiger partial charge >= 0.3 is 0 Å². The highest BCUT2D eigenvalue weighted by Gasteiger charge is 2.44. The van der Waals surface area contributed by atoms with E-state index in [1.54, 1.807) is 17.8 Å². The number of rotatable bonds is 9. The number of ether oxygens (including phenoxy) is 2. The molecule has 222 valence electrons. The summed E-state index contributed by atoms with van der Waals surface area (Å²) in [7, 11) is 3.83. The largest absolute Gasteiger partial charge is 0.492 e. The highest BCUT2D eigenvalue weighted by atomic mass is 16.5. The number of piperidine rings is 2. The van der Waals surface area contributed by atoms with Crippen molar-refractivity contribution >= 4 is 11.3 Å². The van der Waals surface area contributed by atoms with Crippen molar-refractivity contribution in [2.45, 2.75) is 44.3 Å². The summed E-state index contributed by atoms with van der Waals surface area (Å²) in [5, 5.41) is 14.2. The van der Waals surface area contributed by atoms with Gasteiger partial charge in [-0.15, -0.1) is 0 Å². The standard InChI is InChI=1S/C33H38N8O2/c1-38-10-7-23(8-11-38)9-12-43-29-14-30(33-26(15-34)18-37-41(33)22-29)25-4-5-31(35-17-25)39-20-27-13-28(21-39)40(27)19-24-3-6-32(42-2)36-16-24/h3-6,14,16-18,22-23,27-28H,7-13,19-21H2,1-2H3. The van der Waals surface area contributed by atoms with Crippen LogP contribution in [0.15, 0.2) is 55.1 Å². The van der Waals surface area contributed by atoms with E-state index in [-0.39, 0.29) is 0 Å². The van der Waals surface area contributed by atoms with E-state index in [1.807, 2.05) is 30.7 Å². The number of likely N-dealkylation sites (tertiary alicyclic amines) is 1. The number of nitrogens with zero attached hydrogens (tertiary/aromatic N) is 8. The first-order chi connectivity index (χ1) is 21.1. The van der Waals surface area contributed by atoms with Crippen LogP contribution in [-0.4, -0.2) is 88.4 Å². The van der Waals surface area contributed by atoms with Crippen LogP contribution in [0.1, 0.15) is 36.8 Å². The molecule has 0 aliphatic carbocycles. The van der Waals surface area contributed by atoms with Crippen LogP contribution in [0, 0.1) is 17.2 Å². The number of hydrogen-bond acceptors (Lipinski definition) is 9. The van der Waals surface area contributed by atoms with Gasteiger partial charge in [-0.3, -0.25) is 4.90 Å². The molecule has 0 spiro atoms. The number of anilines is 1. The van der Waals surface area contributed by atoms with E-state index in [1.165, 1.54) is 24.8 Å². The van der Waals surface area contributed by atoms with E-state index >= 15 is 0 Å². The van der Waals surface area contributed by atoms with Gasteiger partial charge in [0.15, 0.2) is 0 Å². The van der Waals surface area contributed by atoms with E-state index in [9.17, 15) is 5.26 Å². The summed E-state index contributed by atoms with van der Waals surface area (Å²) >= 11 is 0. The van der Waals surface area contributed by atoms with Gasteiger partial charge in [-0.2, -0.15) is 10.4 Å². The maximum Gasteiger partial charge on any atom is 0.212 e. The first-order valence-electron chi connectivity index (χ1n) is 15.3. The monoisotopic (exact) mass is 578 g/mol. The van der Waals surface area contributed by atoms with Crippen molar-refractivity contribution < 1.29 is 9.47 Å². The summed E-state index contributed by atoms with van der Waals surface area (Å²) in [6.07, 6.45) is 12.1. The predicted molar refractivity (Wildman–Crippen MR) is 164 cm³/mol. The number of hydrogen-bond donors (Lipinski definition) is 0. The van der Waals surface area contributed by atoms with Crippen LogP contribution in [0.25, 0.3) is 16.6 Å². The number of nitriles is 1. The molecule has 0 N–H and O–H groups in total. The first kappa shape index (κ1) is 27.6. The second-order valence-electron chi connectivity index (χ2n) is 12.2. The Labute approximate surface area is 252 Å². The van der Waals surface area contributed by atoms with Crippen molar-refractivity contribution in [3.63, 3.8) is 0 Å². The summed E-state index contributed by atoms with van der Waals surface area (Å²) in [6, 6.07) is 13.6. The average molecular weight is 579 g/mol. The van der Waals surface area contributed by atoms with E-state index in [0.717, 1.165) is 67.4 Å². The number of methoxy groups -OCH3 is 1. The summed E-state index contributed by atoms with van der Waals surface area (Å²) < 4.78 is 13.2. The van der Waals surface area contributed by atoms with E-state index in [2.05, 4.69) is 56.1 Å². The van der Waals surface area contributed by atoms with Crippen molar-refractivity contribution in [3.8, 4) is 28.8 Å². The molecule has 2 bridgehead atoms. The zero-order valence-electron chi connectivity index (χ0n) is 24.9. The van der Waals surface area contributed by atoms with Gasteiger partial charge in [0.2, 0.25) is 5.88 Å². The maximum atomic E-state index is 9.78. The predicted octanol–water partition coefficient (Wildman–Crippen LogP) is 4.25. The molecular weight excluding hydrogens is 540 g/mol. The molecule has 4 fully saturated rings. The third-order valence-electron chi connectivity index (χ3n) is 9.44. The summed E-state index contributed by atoms with van der Waals surface area (Å²) in [6.45, 7) is 5.81. The molecule has 10 heteroatoms. The molecule has 4 aromatic rings. The lowest BCUT2D eigenvalue weighted by atomic mass is 9.87. The molecule has 0 radical (unpaired) electrons. The van der Waals surface area contributed by atoms with E-state index in [0.29, 0.717) is 36.1 Å². The molecule has 4 aromatic heterocycles. The Bertz CT molecular complexity index is 1590. The van der Waals surface area contributed by atoms with Crippen LogP contribution in [0.4, 0.5) is 5.82 Å². The Kier molecular flexibility index (Phi) is 7.59. The van der Waals surface area contributed by atoms with Crippen molar-refractivity contribution in [1.29, 1.82) is 5.26 Å². The minimum Gasteiger partial charge on any atom is -0.492 e. The smallest absolute Gasteiger partial charge is 0.212 e. The number of aromatic nitrogens is 4. The molecule has 8 rings (SSSR count). The SMILES string of the molecule is COc1ccc(CN2C3CC2CN(c2ccc(-c4cc(OCCC5CCN(C)CC5)cn5ncc(C#N)c45)cn2)C3)cn1. The normalized spacial score (nSPS) is 21.0. The van der Waals surface area contributed by atoms with Gasteiger partial charge < -0.3 is 19.3 Å². The Balaban J connectivity index is 1.04. The highest BCUT2D eigenvalue weighted by molar-refractivity contribution is 5.85. The third-order valence-corrected chi connectivity index (χ3v) is 9.44. The Hall–Kier alpha value is -4.20. The van der Waals surface area contributed by atoms with Gasteiger partial charge in [0.05, 0.1) is 37.2 Å². The maximum absolute atomic E-state index is 9.78. The number of piperazine rings is 1. The van der Waals surface area contributed by atoms with Crippen LogP contribution in [0.2, 0.25) is 0 Å². The van der Waals surface area contributed by atoms with Gasteiger partial charge in [0.1, 0.15) is 17.6 Å². The fourth-order valence-electron chi connectivity index (χ4n) is 6.87. The molecule has 2 unspecified atom stereocenters. The third kappa shape index (κ3) is 5.63. The molecule has 4 aliphatic heterocycles. The second kappa shape index (κ2) is 11.8. The summed E-state index contributed by atoms with van der Waals surface area (Å²) in [5.74, 6) is 3.10. The van der Waals surface area contributed by atoms with E-state index in [4.69, 9.17) is 14.5 Å². The van der Waals surface area contributed by atoms with Crippen molar-refractivity contribution in [1.82, 2.24) is 29.4 Å². The lowest BCUT2D eigenvalue weighted by Crippen LogP contribution is -2.68. The molecule has 43 heavy (non-hydrogen) atoms. The molecule has 2 atom stereocenters. The first-order valence-corrected chi connectivity index (χ1v) is 15.3. The molecule has 4 saturated heterocycles. The summed E-state index contributed by atoms with van der Waals surface area (Å²) in [5.41, 5.74) is 4.39. The van der Waals surface area contributed by atoms with Crippen molar-refractivity contribution in [3.05, 3.63) is 66.2 Å². The Morgan fingerprint density at radius 1 is 1.02 bits per heavy atom. The van der Waals surface area contributed by atoms with Gasteiger partial charge in [-0.25, -0.2) is 14.5 Å². The zero-order chi connectivity index (χ0) is 29.3. The second-order valence-corrected chi connectivity index (χ2v) is 12.2. The van der Waals surface area contributed by atoms with Crippen LogP contribution in [0.5, 0.6) is 11.6 Å². The zero-order valence-corrected chi connectivity index (χ0v) is 24.9. The quantitative estimate of drug-likeness (QED) is 0.289. The van der Waals surface area contributed by atoms with Crippen molar-refractivity contribution in [2.75, 3.05) is 51.8 Å².